The number of benzene rings is 1. The van der Waals surface area contributed by atoms with Gasteiger partial charge < -0.3 is 25.2 Å². The number of carboxylic acid groups (broad SMARTS) is 1. The van der Waals surface area contributed by atoms with Crippen LogP contribution in [0.3, 0.4) is 0 Å². The molecule has 7 nitrogen and oxygen atoms in total. The van der Waals surface area contributed by atoms with Gasteiger partial charge in [0, 0.05) is 26.1 Å². The van der Waals surface area contributed by atoms with Crippen LogP contribution in [0.2, 0.25) is 0 Å². The molecule has 0 aromatic heterocycles. The first-order valence-electron chi connectivity index (χ1n) is 8.50. The summed E-state index contributed by atoms with van der Waals surface area (Å²) in [7, 11) is 1.59. The van der Waals surface area contributed by atoms with Crippen LogP contribution in [0.15, 0.2) is 30.3 Å². The molecule has 2 amide bonds. The van der Waals surface area contributed by atoms with E-state index in [-0.39, 0.29) is 37.2 Å². The molecule has 7 heteroatoms. The molecule has 0 spiro atoms. The average Bonchev–Trinajstić information content (AvgIpc) is 3.04. The molecule has 0 aliphatic carbocycles. The first-order chi connectivity index (χ1) is 12.0. The van der Waals surface area contributed by atoms with Gasteiger partial charge in [-0.15, -0.1) is 0 Å². The van der Waals surface area contributed by atoms with Crippen molar-refractivity contribution in [3.63, 3.8) is 0 Å². The van der Waals surface area contributed by atoms with Crippen LogP contribution in [0.4, 0.5) is 4.79 Å². The summed E-state index contributed by atoms with van der Waals surface area (Å²) in [6.07, 6.45) is 1.40. The summed E-state index contributed by atoms with van der Waals surface area (Å²) in [6.45, 7) is 0.302. The minimum atomic E-state index is -0.888. The van der Waals surface area contributed by atoms with Crippen LogP contribution in [0, 0.1) is 0 Å². The van der Waals surface area contributed by atoms with E-state index in [1.807, 2.05) is 30.3 Å². The van der Waals surface area contributed by atoms with Crippen molar-refractivity contribution in [1.82, 2.24) is 10.2 Å². The molecule has 3 atom stereocenters. The summed E-state index contributed by atoms with van der Waals surface area (Å²) in [4.78, 5) is 25.1. The highest BCUT2D eigenvalue weighted by Crippen LogP contribution is 2.20. The number of hydrogen-bond donors (Lipinski definition) is 3. The third kappa shape index (κ3) is 5.72. The van der Waals surface area contributed by atoms with Crippen molar-refractivity contribution in [3.05, 3.63) is 35.9 Å². The third-order valence-electron chi connectivity index (χ3n) is 4.54. The molecular weight excluding hydrogens is 324 g/mol. The molecule has 1 unspecified atom stereocenters. The highest BCUT2D eigenvalue weighted by molar-refractivity contribution is 5.75. The lowest BCUT2D eigenvalue weighted by Crippen LogP contribution is -2.48. The van der Waals surface area contributed by atoms with Gasteiger partial charge >= 0.3 is 12.0 Å². The van der Waals surface area contributed by atoms with E-state index in [1.165, 1.54) is 0 Å². The maximum atomic E-state index is 12.6. The number of aliphatic carboxylic acids is 1. The zero-order valence-electron chi connectivity index (χ0n) is 14.4. The third-order valence-corrected chi connectivity index (χ3v) is 4.54. The topological polar surface area (TPSA) is 99.1 Å². The second-order valence-corrected chi connectivity index (χ2v) is 6.35. The van der Waals surface area contributed by atoms with Gasteiger partial charge in [-0.1, -0.05) is 30.3 Å². The zero-order chi connectivity index (χ0) is 18.2. The van der Waals surface area contributed by atoms with E-state index in [2.05, 4.69) is 5.32 Å². The summed E-state index contributed by atoms with van der Waals surface area (Å²) in [5, 5.41) is 21.4. The van der Waals surface area contributed by atoms with Gasteiger partial charge in [-0.25, -0.2) is 4.79 Å². The van der Waals surface area contributed by atoms with E-state index in [9.17, 15) is 14.7 Å². The molecule has 25 heavy (non-hydrogen) atoms. The summed E-state index contributed by atoms with van der Waals surface area (Å²) in [6, 6.07) is 8.79. The molecule has 1 aliphatic heterocycles. The Kier molecular flexibility index (Phi) is 7.21. The quantitative estimate of drug-likeness (QED) is 0.655. The van der Waals surface area contributed by atoms with E-state index in [4.69, 9.17) is 9.84 Å². The van der Waals surface area contributed by atoms with Crippen molar-refractivity contribution >= 4 is 12.0 Å². The Bertz CT molecular complexity index is 566. The van der Waals surface area contributed by atoms with Crippen LogP contribution in [-0.2, 0) is 16.0 Å². The van der Waals surface area contributed by atoms with Gasteiger partial charge in [0.15, 0.2) is 0 Å². The molecule has 1 heterocycles. The number of carbonyl (C=O) groups excluding carboxylic acids is 1. The Morgan fingerprint density at radius 3 is 2.68 bits per heavy atom. The van der Waals surface area contributed by atoms with Crippen molar-refractivity contribution in [3.8, 4) is 0 Å². The monoisotopic (exact) mass is 350 g/mol. The molecule has 0 saturated carbocycles. The Morgan fingerprint density at radius 1 is 1.36 bits per heavy atom. The maximum absolute atomic E-state index is 12.6. The molecule has 1 fully saturated rings. The van der Waals surface area contributed by atoms with Crippen LogP contribution in [0.1, 0.15) is 24.8 Å². The Hall–Kier alpha value is -2.12. The normalized spacial score (nSPS) is 21.1. The highest BCUT2D eigenvalue weighted by Gasteiger charge is 2.35. The summed E-state index contributed by atoms with van der Waals surface area (Å²) < 4.78 is 5.29. The predicted octanol–water partition coefficient (Wildman–Crippen LogP) is 1.25. The number of likely N-dealkylation sites (tertiary alicyclic amines) is 1. The highest BCUT2D eigenvalue weighted by atomic mass is 16.5. The number of aliphatic hydroxyl groups is 1. The van der Waals surface area contributed by atoms with E-state index in [0.717, 1.165) is 5.56 Å². The van der Waals surface area contributed by atoms with Gasteiger partial charge in [0.05, 0.1) is 18.8 Å². The van der Waals surface area contributed by atoms with Crippen molar-refractivity contribution < 1.29 is 24.5 Å². The van der Waals surface area contributed by atoms with Gasteiger partial charge in [-0.05, 0) is 24.8 Å². The van der Waals surface area contributed by atoms with Gasteiger partial charge in [0.25, 0.3) is 0 Å². The number of rotatable bonds is 8. The summed E-state index contributed by atoms with van der Waals surface area (Å²) in [5.74, 6) is -0.888. The number of carboxylic acids is 1. The molecule has 0 radical (unpaired) electrons. The molecule has 138 valence electrons. The zero-order valence-corrected chi connectivity index (χ0v) is 14.4. The molecule has 0 bridgehead atoms. The van der Waals surface area contributed by atoms with E-state index < -0.39 is 5.97 Å². The van der Waals surface area contributed by atoms with E-state index in [1.54, 1.807) is 12.0 Å². The minimum absolute atomic E-state index is 0.0120. The lowest BCUT2D eigenvalue weighted by Gasteiger charge is -2.27. The van der Waals surface area contributed by atoms with Crippen molar-refractivity contribution in [1.29, 1.82) is 0 Å². The molecule has 1 aromatic carbocycles. The van der Waals surface area contributed by atoms with Gasteiger partial charge in [0.1, 0.15) is 0 Å². The minimum Gasteiger partial charge on any atom is -0.481 e. The van der Waals surface area contributed by atoms with E-state index in [0.29, 0.717) is 25.8 Å². The number of nitrogens with zero attached hydrogens (tertiary/aromatic N) is 1. The number of amides is 2. The van der Waals surface area contributed by atoms with Crippen LogP contribution in [0.5, 0.6) is 0 Å². The largest absolute Gasteiger partial charge is 0.481 e. The molecule has 2 rings (SSSR count). The lowest BCUT2D eigenvalue weighted by atomic mass is 10.0. The SMILES string of the molecule is CO[C@H]1C[C@@H](CO)N(C(=O)NC(CCC(=O)O)Cc2ccccc2)C1. The number of carbonyl (C=O) groups is 2. The number of methoxy groups -OCH3 is 1. The fourth-order valence-electron chi connectivity index (χ4n) is 3.15. The number of aliphatic hydroxyl groups excluding tert-OH is 1. The molecule has 1 aliphatic rings. The number of urea groups is 1. The molecule has 1 aromatic rings. The molecule has 3 N–H and O–H groups in total. The second kappa shape index (κ2) is 9.39. The molecular formula is C18H26N2O5. The lowest BCUT2D eigenvalue weighted by molar-refractivity contribution is -0.137. The van der Waals surface area contributed by atoms with E-state index >= 15 is 0 Å². The van der Waals surface area contributed by atoms with Crippen LogP contribution in [-0.4, -0.2) is 65.6 Å². The number of nitrogens with one attached hydrogen (secondary N) is 1. The first kappa shape index (κ1) is 19.2. The second-order valence-electron chi connectivity index (χ2n) is 6.35. The fourth-order valence-corrected chi connectivity index (χ4v) is 3.15. The smallest absolute Gasteiger partial charge is 0.318 e. The predicted molar refractivity (Wildman–Crippen MR) is 92.3 cm³/mol. The summed E-state index contributed by atoms with van der Waals surface area (Å²) >= 11 is 0. The standard InChI is InChI=1S/C18H26N2O5/c1-25-16-10-15(12-21)20(11-16)18(24)19-14(7-8-17(22)23)9-13-5-3-2-4-6-13/h2-6,14-16,21H,7-12H2,1H3,(H,19,24)(H,22,23)/t14?,15-,16-/m0/s1. The Labute approximate surface area is 147 Å². The van der Waals surface area contributed by atoms with Crippen LogP contribution >= 0.6 is 0 Å². The average molecular weight is 350 g/mol. The Morgan fingerprint density at radius 2 is 2.08 bits per heavy atom. The summed E-state index contributed by atoms with van der Waals surface area (Å²) in [5.41, 5.74) is 1.04. The van der Waals surface area contributed by atoms with Crippen LogP contribution < -0.4 is 5.32 Å². The first-order valence-corrected chi connectivity index (χ1v) is 8.50. The van der Waals surface area contributed by atoms with Gasteiger partial charge in [-0.2, -0.15) is 0 Å². The number of ether oxygens (including phenoxy) is 1. The van der Waals surface area contributed by atoms with Gasteiger partial charge in [-0.3, -0.25) is 4.79 Å². The van der Waals surface area contributed by atoms with Crippen molar-refractivity contribution in [2.75, 3.05) is 20.3 Å². The Balaban J connectivity index is 2.01. The van der Waals surface area contributed by atoms with Gasteiger partial charge in [0.2, 0.25) is 0 Å². The van der Waals surface area contributed by atoms with Crippen molar-refractivity contribution in [2.45, 2.75) is 43.9 Å². The maximum Gasteiger partial charge on any atom is 0.318 e. The van der Waals surface area contributed by atoms with Crippen LogP contribution in [0.25, 0.3) is 0 Å². The van der Waals surface area contributed by atoms with Crippen molar-refractivity contribution in [2.24, 2.45) is 0 Å². The number of hydrogen-bond acceptors (Lipinski definition) is 4. The fraction of sp³-hybridized carbons (Fsp3) is 0.556. The molecule has 1 saturated heterocycles.